The van der Waals surface area contributed by atoms with Crippen LogP contribution in [0.3, 0.4) is 0 Å². The van der Waals surface area contributed by atoms with E-state index in [-0.39, 0.29) is 5.91 Å². The normalized spacial score (nSPS) is 23.5. The molecule has 2 fully saturated rings. The molecule has 5 heteroatoms. The number of rotatable bonds is 5. The van der Waals surface area contributed by atoms with Crippen LogP contribution in [-0.2, 0) is 11.3 Å². The lowest BCUT2D eigenvalue weighted by molar-refractivity contribution is -0.123. The summed E-state index contributed by atoms with van der Waals surface area (Å²) in [7, 11) is 0. The summed E-state index contributed by atoms with van der Waals surface area (Å²) >= 11 is 0. The molecule has 0 radical (unpaired) electrons. The zero-order valence-electron chi connectivity index (χ0n) is 13.1. The third-order valence-electron chi connectivity index (χ3n) is 4.51. The second kappa shape index (κ2) is 7.72. The van der Waals surface area contributed by atoms with Gasteiger partial charge in [0.05, 0.1) is 6.54 Å². The van der Waals surface area contributed by atoms with Crippen molar-refractivity contribution < 1.29 is 4.79 Å². The van der Waals surface area contributed by atoms with Crippen LogP contribution in [0.5, 0.6) is 0 Å². The minimum absolute atomic E-state index is 0.171. The zero-order valence-corrected chi connectivity index (χ0v) is 13.1. The largest absolute Gasteiger partial charge is 0.351 e. The standard InChI is InChI=1S/C17H26N4O/c22-17(19-16-6-7-18-12-16)14-21-10-8-20(9-11-21)13-15-4-2-1-3-5-15/h1-5,16,18H,6-14H2,(H,19,22). The van der Waals surface area contributed by atoms with E-state index in [1.54, 1.807) is 0 Å². The molecule has 0 spiro atoms. The number of hydrogen-bond acceptors (Lipinski definition) is 4. The summed E-state index contributed by atoms with van der Waals surface area (Å²) in [5.41, 5.74) is 1.36. The van der Waals surface area contributed by atoms with Gasteiger partial charge in [0.25, 0.3) is 0 Å². The van der Waals surface area contributed by atoms with Crippen molar-refractivity contribution in [3.63, 3.8) is 0 Å². The number of amides is 1. The first-order valence-electron chi connectivity index (χ1n) is 8.28. The molecule has 1 aromatic carbocycles. The van der Waals surface area contributed by atoms with E-state index >= 15 is 0 Å². The molecule has 1 atom stereocenters. The molecule has 0 aliphatic carbocycles. The van der Waals surface area contributed by atoms with E-state index in [2.05, 4.69) is 50.8 Å². The van der Waals surface area contributed by atoms with E-state index in [4.69, 9.17) is 0 Å². The molecule has 2 saturated heterocycles. The van der Waals surface area contributed by atoms with Crippen LogP contribution in [0.2, 0.25) is 0 Å². The van der Waals surface area contributed by atoms with Crippen molar-refractivity contribution in [2.24, 2.45) is 0 Å². The summed E-state index contributed by atoms with van der Waals surface area (Å²) in [6.45, 7) is 7.50. The van der Waals surface area contributed by atoms with Gasteiger partial charge in [-0.05, 0) is 18.5 Å². The topological polar surface area (TPSA) is 47.6 Å². The first-order chi connectivity index (χ1) is 10.8. The van der Waals surface area contributed by atoms with Crippen LogP contribution in [0, 0.1) is 0 Å². The number of nitrogens with one attached hydrogen (secondary N) is 2. The van der Waals surface area contributed by atoms with Crippen LogP contribution in [0.1, 0.15) is 12.0 Å². The maximum Gasteiger partial charge on any atom is 0.234 e. The van der Waals surface area contributed by atoms with Crippen molar-refractivity contribution in [2.75, 3.05) is 45.8 Å². The highest BCUT2D eigenvalue weighted by atomic mass is 16.2. The number of benzene rings is 1. The Morgan fingerprint density at radius 1 is 1.14 bits per heavy atom. The second-order valence-electron chi connectivity index (χ2n) is 6.30. The van der Waals surface area contributed by atoms with E-state index < -0.39 is 0 Å². The van der Waals surface area contributed by atoms with Gasteiger partial charge in [0.2, 0.25) is 5.91 Å². The van der Waals surface area contributed by atoms with Gasteiger partial charge < -0.3 is 10.6 Å². The molecule has 3 rings (SSSR count). The van der Waals surface area contributed by atoms with Crippen LogP contribution in [0.15, 0.2) is 30.3 Å². The molecule has 2 N–H and O–H groups in total. The number of nitrogens with zero attached hydrogens (tertiary/aromatic N) is 2. The summed E-state index contributed by atoms with van der Waals surface area (Å²) < 4.78 is 0. The molecule has 0 aromatic heterocycles. The van der Waals surface area contributed by atoms with Gasteiger partial charge in [-0.25, -0.2) is 0 Å². The van der Waals surface area contributed by atoms with Crippen LogP contribution >= 0.6 is 0 Å². The van der Waals surface area contributed by atoms with Gasteiger partial charge in [0.15, 0.2) is 0 Å². The first-order valence-corrected chi connectivity index (χ1v) is 8.28. The molecule has 2 aliphatic heterocycles. The molecule has 22 heavy (non-hydrogen) atoms. The third kappa shape index (κ3) is 4.53. The fourth-order valence-corrected chi connectivity index (χ4v) is 3.20. The van der Waals surface area contributed by atoms with Gasteiger partial charge in [0, 0.05) is 45.3 Å². The molecule has 1 unspecified atom stereocenters. The Morgan fingerprint density at radius 2 is 1.86 bits per heavy atom. The van der Waals surface area contributed by atoms with Gasteiger partial charge in [0.1, 0.15) is 0 Å². The van der Waals surface area contributed by atoms with E-state index in [1.165, 1.54) is 5.56 Å². The van der Waals surface area contributed by atoms with Gasteiger partial charge in [-0.2, -0.15) is 0 Å². The number of carbonyl (C=O) groups excluding carboxylic acids is 1. The van der Waals surface area contributed by atoms with Crippen LogP contribution in [-0.4, -0.2) is 67.6 Å². The van der Waals surface area contributed by atoms with Crippen LogP contribution in [0.4, 0.5) is 0 Å². The Bertz CT molecular complexity index is 465. The van der Waals surface area contributed by atoms with Gasteiger partial charge in [-0.1, -0.05) is 30.3 Å². The lowest BCUT2D eigenvalue weighted by Crippen LogP contribution is -2.50. The van der Waals surface area contributed by atoms with E-state index in [1.807, 2.05) is 0 Å². The Labute approximate surface area is 132 Å². The van der Waals surface area contributed by atoms with E-state index in [9.17, 15) is 4.79 Å². The van der Waals surface area contributed by atoms with Crippen molar-refractivity contribution in [3.8, 4) is 0 Å². The summed E-state index contributed by atoms with van der Waals surface area (Å²) in [6.07, 6.45) is 1.05. The lowest BCUT2D eigenvalue weighted by atomic mass is 10.2. The Morgan fingerprint density at radius 3 is 2.55 bits per heavy atom. The molecule has 1 amide bonds. The highest BCUT2D eigenvalue weighted by Crippen LogP contribution is 2.08. The molecule has 2 heterocycles. The van der Waals surface area contributed by atoms with E-state index in [0.29, 0.717) is 12.6 Å². The van der Waals surface area contributed by atoms with Gasteiger partial charge in [-0.3, -0.25) is 14.6 Å². The smallest absolute Gasteiger partial charge is 0.234 e. The SMILES string of the molecule is O=C(CN1CCN(Cc2ccccc2)CC1)NC1CCNC1. The van der Waals surface area contributed by atoms with Crippen molar-refractivity contribution in [1.82, 2.24) is 20.4 Å². The predicted molar refractivity (Wildman–Crippen MR) is 87.6 cm³/mol. The summed E-state index contributed by atoms with van der Waals surface area (Å²) in [5.74, 6) is 0.171. The Hall–Kier alpha value is -1.43. The quantitative estimate of drug-likeness (QED) is 0.820. The predicted octanol–water partition coefficient (Wildman–Crippen LogP) is 0.282. The van der Waals surface area contributed by atoms with Gasteiger partial charge in [-0.15, -0.1) is 0 Å². The number of carbonyl (C=O) groups is 1. The van der Waals surface area contributed by atoms with Crippen molar-refractivity contribution >= 4 is 5.91 Å². The summed E-state index contributed by atoms with van der Waals surface area (Å²) in [5, 5.41) is 6.40. The Balaban J connectivity index is 1.37. The summed E-state index contributed by atoms with van der Waals surface area (Å²) in [6, 6.07) is 10.9. The fourth-order valence-electron chi connectivity index (χ4n) is 3.20. The van der Waals surface area contributed by atoms with Gasteiger partial charge >= 0.3 is 0 Å². The minimum Gasteiger partial charge on any atom is -0.351 e. The van der Waals surface area contributed by atoms with Crippen LogP contribution in [0.25, 0.3) is 0 Å². The van der Waals surface area contributed by atoms with Crippen molar-refractivity contribution in [2.45, 2.75) is 19.0 Å². The maximum atomic E-state index is 12.0. The second-order valence-corrected chi connectivity index (χ2v) is 6.30. The molecule has 0 bridgehead atoms. The molecule has 5 nitrogen and oxygen atoms in total. The Kier molecular flexibility index (Phi) is 5.43. The molecule has 120 valence electrons. The monoisotopic (exact) mass is 302 g/mol. The molecule has 2 aliphatic rings. The zero-order chi connectivity index (χ0) is 15.2. The third-order valence-corrected chi connectivity index (χ3v) is 4.51. The number of piperazine rings is 1. The maximum absolute atomic E-state index is 12.0. The van der Waals surface area contributed by atoms with Crippen LogP contribution < -0.4 is 10.6 Å². The highest BCUT2D eigenvalue weighted by Gasteiger charge is 2.21. The summed E-state index contributed by atoms with van der Waals surface area (Å²) in [4.78, 5) is 16.8. The van der Waals surface area contributed by atoms with Crippen molar-refractivity contribution in [3.05, 3.63) is 35.9 Å². The first kappa shape index (κ1) is 15.5. The molecule has 1 aromatic rings. The minimum atomic E-state index is 0.171. The van der Waals surface area contributed by atoms with Crippen molar-refractivity contribution in [1.29, 1.82) is 0 Å². The lowest BCUT2D eigenvalue weighted by Gasteiger charge is -2.34. The van der Waals surface area contributed by atoms with E-state index in [0.717, 1.165) is 52.2 Å². The molecular weight excluding hydrogens is 276 g/mol. The average Bonchev–Trinajstić information content (AvgIpc) is 3.03. The molecular formula is C17H26N4O. The number of hydrogen-bond donors (Lipinski definition) is 2. The highest BCUT2D eigenvalue weighted by molar-refractivity contribution is 5.78. The fraction of sp³-hybridized carbons (Fsp3) is 0.588. The molecule has 0 saturated carbocycles. The average molecular weight is 302 g/mol.